The maximum Gasteiger partial charge on any atom is 0.0631 e. The lowest BCUT2D eigenvalue weighted by Gasteiger charge is -2.22. The third-order valence-electron chi connectivity index (χ3n) is 5.34. The fourth-order valence-corrected chi connectivity index (χ4v) is 7.26. The molecule has 0 heterocycles. The van der Waals surface area contributed by atoms with Gasteiger partial charge in [-0.25, -0.2) is 0 Å². The van der Waals surface area contributed by atoms with Gasteiger partial charge in [-0.1, -0.05) is 81.4 Å². The molecular weight excluding hydrogens is 363 g/mol. The van der Waals surface area contributed by atoms with Crippen molar-refractivity contribution in [2.45, 2.75) is 47.2 Å². The zero-order valence-electron chi connectivity index (χ0n) is 15.9. The van der Waals surface area contributed by atoms with Crippen LogP contribution >= 0.6 is 23.2 Å². The quantitative estimate of drug-likeness (QED) is 0.449. The smallest absolute Gasteiger partial charge is 0.0631 e. The first kappa shape index (κ1) is 18.9. The van der Waals surface area contributed by atoms with Gasteiger partial charge in [-0.3, -0.25) is 0 Å². The molecule has 0 spiro atoms. The summed E-state index contributed by atoms with van der Waals surface area (Å²) in [6, 6.07) is 0. The Kier molecular flexibility index (Phi) is 5.30. The number of halogens is 2. The first-order valence-electron chi connectivity index (χ1n) is 9.02. The van der Waals surface area contributed by atoms with E-state index in [0.29, 0.717) is 11.8 Å². The van der Waals surface area contributed by atoms with Gasteiger partial charge < -0.3 is 0 Å². The van der Waals surface area contributed by atoms with Gasteiger partial charge in [-0.15, -0.1) is 0 Å². The molecule has 0 fully saturated rings. The molecule has 3 rings (SSSR count). The lowest BCUT2D eigenvalue weighted by atomic mass is 9.85. The minimum absolute atomic E-state index is 0.307. The molecule has 0 radical (unpaired) electrons. The van der Waals surface area contributed by atoms with Crippen molar-refractivity contribution < 1.29 is 0 Å². The Balaban J connectivity index is 2.40. The van der Waals surface area contributed by atoms with Gasteiger partial charge in [0.25, 0.3) is 0 Å². The van der Waals surface area contributed by atoms with Gasteiger partial charge in [0.1, 0.15) is 0 Å². The highest BCUT2D eigenvalue weighted by molar-refractivity contribution is 6.77. The van der Waals surface area contributed by atoms with Gasteiger partial charge in [0, 0.05) is 14.3 Å². The van der Waals surface area contributed by atoms with E-state index < -0.39 is 8.41 Å². The molecule has 25 heavy (non-hydrogen) atoms. The monoisotopic (exact) mass is 388 g/mol. The van der Waals surface area contributed by atoms with E-state index >= 15 is 0 Å². The van der Waals surface area contributed by atoms with Crippen LogP contribution in [0.1, 0.15) is 34.1 Å². The summed E-state index contributed by atoms with van der Waals surface area (Å²) in [6.07, 6.45) is 10.0. The summed E-state index contributed by atoms with van der Waals surface area (Å²) in [5, 5.41) is 2.92. The summed E-state index contributed by atoms with van der Waals surface area (Å²) in [7, 11) is -0.714. The maximum absolute atomic E-state index is 6.86. The van der Waals surface area contributed by atoms with E-state index in [9.17, 15) is 0 Å². The first-order chi connectivity index (χ1) is 11.8. The minimum atomic E-state index is -0.714. The summed E-state index contributed by atoms with van der Waals surface area (Å²) < 4.78 is 0. The summed E-state index contributed by atoms with van der Waals surface area (Å²) in [6.45, 7) is 13.6. The lowest BCUT2D eigenvalue weighted by Crippen LogP contribution is -2.21. The van der Waals surface area contributed by atoms with Crippen LogP contribution < -0.4 is 0 Å². The summed E-state index contributed by atoms with van der Waals surface area (Å²) in [5.74, 6) is 0.642. The molecule has 0 saturated carbocycles. The zero-order valence-corrected chi connectivity index (χ0v) is 18.4. The molecule has 1 unspecified atom stereocenters. The Morgan fingerprint density at radius 1 is 1.16 bits per heavy atom. The van der Waals surface area contributed by atoms with Gasteiger partial charge in [-0.2, -0.15) is 0 Å². The lowest BCUT2D eigenvalue weighted by molar-refractivity contribution is 0.778. The molecule has 3 aliphatic carbocycles. The molecule has 0 amide bonds. The van der Waals surface area contributed by atoms with Crippen LogP contribution in [-0.2, 0) is 0 Å². The highest BCUT2D eigenvalue weighted by atomic mass is 35.5. The Bertz CT molecular complexity index is 850. The van der Waals surface area contributed by atoms with E-state index in [0.717, 1.165) is 16.5 Å². The van der Waals surface area contributed by atoms with Crippen LogP contribution in [0, 0.1) is 11.8 Å². The molecule has 3 aliphatic rings. The molecule has 0 saturated heterocycles. The van der Waals surface area contributed by atoms with Crippen molar-refractivity contribution in [3.8, 4) is 0 Å². The second kappa shape index (κ2) is 7.02. The number of hydrogen-bond donors (Lipinski definition) is 0. The van der Waals surface area contributed by atoms with E-state index in [1.54, 1.807) is 0 Å². The SMILES string of the molecule is CC1=CC2=C(C(C)C)C(Cl)=C(Cl)C(=[Si](C)C)C(C)C2=C1C1=CC=CC1. The van der Waals surface area contributed by atoms with Gasteiger partial charge in [-0.05, 0) is 57.9 Å². The van der Waals surface area contributed by atoms with E-state index in [1.165, 1.54) is 38.6 Å². The second-order valence-electron chi connectivity index (χ2n) is 7.69. The molecule has 0 aromatic rings. The average Bonchev–Trinajstić information content (AvgIpc) is 3.12. The molecule has 0 nitrogen and oxygen atoms in total. The fraction of sp³-hybridized carbons (Fsp3) is 0.409. The van der Waals surface area contributed by atoms with E-state index in [-0.39, 0.29) is 0 Å². The second-order valence-corrected chi connectivity index (χ2v) is 11.0. The number of hydrogen-bond acceptors (Lipinski definition) is 0. The van der Waals surface area contributed by atoms with Crippen LogP contribution in [-0.4, -0.2) is 13.6 Å². The minimum Gasteiger partial charge on any atom is -0.0828 e. The first-order valence-corrected chi connectivity index (χ1v) is 12.3. The van der Waals surface area contributed by atoms with Crippen LogP contribution in [0.4, 0.5) is 0 Å². The molecule has 0 aromatic heterocycles. The topological polar surface area (TPSA) is 0 Å². The van der Waals surface area contributed by atoms with Crippen molar-refractivity contribution in [2.24, 2.45) is 11.8 Å². The Morgan fingerprint density at radius 2 is 1.84 bits per heavy atom. The fourth-order valence-electron chi connectivity index (χ4n) is 4.35. The number of rotatable bonds is 2. The summed E-state index contributed by atoms with van der Waals surface area (Å²) in [4.78, 5) is 0. The van der Waals surface area contributed by atoms with Crippen molar-refractivity contribution in [1.82, 2.24) is 0 Å². The van der Waals surface area contributed by atoms with Crippen molar-refractivity contribution in [3.05, 3.63) is 67.8 Å². The molecule has 1 atom stereocenters. The van der Waals surface area contributed by atoms with Crippen LogP contribution in [0.2, 0.25) is 13.1 Å². The average molecular weight is 389 g/mol. The van der Waals surface area contributed by atoms with Crippen molar-refractivity contribution in [1.29, 1.82) is 0 Å². The van der Waals surface area contributed by atoms with E-state index in [4.69, 9.17) is 23.2 Å². The van der Waals surface area contributed by atoms with Crippen LogP contribution in [0.15, 0.2) is 67.8 Å². The van der Waals surface area contributed by atoms with Gasteiger partial charge in [0.2, 0.25) is 0 Å². The number of fused-ring (bicyclic) bond motifs is 1. The van der Waals surface area contributed by atoms with Crippen LogP contribution in [0.5, 0.6) is 0 Å². The van der Waals surface area contributed by atoms with Gasteiger partial charge >= 0.3 is 0 Å². The molecule has 132 valence electrons. The van der Waals surface area contributed by atoms with Crippen molar-refractivity contribution in [2.75, 3.05) is 0 Å². The van der Waals surface area contributed by atoms with Gasteiger partial charge in [0.15, 0.2) is 0 Å². The Labute approximate surface area is 163 Å². The molecule has 0 aliphatic heterocycles. The normalized spacial score (nSPS) is 23.6. The van der Waals surface area contributed by atoms with Crippen molar-refractivity contribution in [3.63, 3.8) is 0 Å². The standard InChI is InChI=1S/C22H26Cl2Si/c1-12(2)17-16-11-13(3)18(15-9-7-8-10-15)19(16)14(4)22(25(5)6)21(24)20(17)23/h7-9,11-12,14H,10H2,1-6H3. The highest BCUT2D eigenvalue weighted by Gasteiger charge is 2.35. The highest BCUT2D eigenvalue weighted by Crippen LogP contribution is 2.48. The van der Waals surface area contributed by atoms with Crippen LogP contribution in [0.3, 0.4) is 0 Å². The molecule has 0 aromatic carbocycles. The third kappa shape index (κ3) is 3.05. The predicted octanol–water partition coefficient (Wildman–Crippen LogP) is 6.93. The molecule has 0 bridgehead atoms. The Hall–Kier alpha value is -0.893. The van der Waals surface area contributed by atoms with E-state index in [2.05, 4.69) is 65.1 Å². The molecule has 0 N–H and O–H groups in total. The zero-order chi connectivity index (χ0) is 18.5. The molecule has 3 heteroatoms. The summed E-state index contributed by atoms with van der Waals surface area (Å²) in [5.41, 5.74) is 8.14. The Morgan fingerprint density at radius 3 is 2.36 bits per heavy atom. The number of allylic oxidation sites excluding steroid dienone is 12. The van der Waals surface area contributed by atoms with Crippen LogP contribution in [0.25, 0.3) is 0 Å². The van der Waals surface area contributed by atoms with E-state index in [1.807, 2.05) is 0 Å². The van der Waals surface area contributed by atoms with Crippen molar-refractivity contribution >= 4 is 36.8 Å². The largest absolute Gasteiger partial charge is 0.0828 e. The predicted molar refractivity (Wildman–Crippen MR) is 115 cm³/mol. The van der Waals surface area contributed by atoms with Gasteiger partial charge in [0.05, 0.1) is 10.1 Å². The molecular formula is C22H26Cl2Si. The third-order valence-corrected chi connectivity index (χ3v) is 8.15. The summed E-state index contributed by atoms with van der Waals surface area (Å²) >= 11 is 13.7. The maximum atomic E-state index is 6.86.